The third kappa shape index (κ3) is 4.48. The second-order valence-electron chi connectivity index (χ2n) is 7.63. The topological polar surface area (TPSA) is 57.1 Å². The monoisotopic (exact) mass is 367 g/mol. The highest BCUT2D eigenvalue weighted by Gasteiger charge is 2.47. The number of methoxy groups -OCH3 is 1. The summed E-state index contributed by atoms with van der Waals surface area (Å²) in [6.45, 7) is 5.71. The minimum absolute atomic E-state index is 0.151. The Balaban J connectivity index is 1.94. The zero-order valence-electron chi connectivity index (χ0n) is 16.2. The number of hydrogen-bond donors (Lipinski definition) is 0. The van der Waals surface area contributed by atoms with Crippen LogP contribution in [0.3, 0.4) is 0 Å². The highest BCUT2D eigenvalue weighted by atomic mass is 16.6. The maximum Gasteiger partial charge on any atom is 0.338 e. The molecule has 0 N–H and O–H groups in total. The summed E-state index contributed by atoms with van der Waals surface area (Å²) < 4.78 is 16.7. The van der Waals surface area contributed by atoms with Crippen molar-refractivity contribution in [1.82, 2.24) is 0 Å². The van der Waals surface area contributed by atoms with Gasteiger partial charge in [-0.2, -0.15) is 0 Å². The van der Waals surface area contributed by atoms with Gasteiger partial charge < -0.3 is 14.2 Å². The number of ether oxygens (including phenoxy) is 3. The Morgan fingerprint density at radius 1 is 1.11 bits per heavy atom. The molecule has 0 unspecified atom stereocenters. The highest BCUT2D eigenvalue weighted by molar-refractivity contribution is 5.99. The molecular weight excluding hydrogens is 342 g/mol. The molecule has 0 radical (unpaired) electrons. The Hall–Kier alpha value is -2.82. The quantitative estimate of drug-likeness (QED) is 0.755. The minimum atomic E-state index is -1.09. The minimum Gasteiger partial charge on any atom is -0.497 e. The van der Waals surface area contributed by atoms with Crippen molar-refractivity contribution >= 4 is 11.9 Å². The maximum absolute atomic E-state index is 13.0. The summed E-state index contributed by atoms with van der Waals surface area (Å²) in [5, 5.41) is 0. The predicted octanol–water partition coefficient (Wildman–Crippen LogP) is 3.80. The summed E-state index contributed by atoms with van der Waals surface area (Å²) >= 11 is 0. The van der Waals surface area contributed by atoms with Crippen molar-refractivity contribution in [3.05, 3.63) is 65.7 Å². The molecule has 2 aromatic rings. The lowest BCUT2D eigenvalue weighted by Gasteiger charge is -2.28. The van der Waals surface area contributed by atoms with Gasteiger partial charge in [-0.3, -0.25) is 0 Å². The molecule has 0 saturated heterocycles. The fraction of sp³-hybridized carbons (Fsp3) is 0.364. The number of nitrogens with zero attached hydrogens (tertiary/aromatic N) is 1. The van der Waals surface area contributed by atoms with Crippen molar-refractivity contribution < 1.29 is 19.0 Å². The van der Waals surface area contributed by atoms with Crippen molar-refractivity contribution in [2.75, 3.05) is 13.7 Å². The Kier molecular flexibility index (Phi) is 5.22. The molecule has 3 rings (SSSR count). The van der Waals surface area contributed by atoms with Crippen LogP contribution in [0.5, 0.6) is 5.75 Å². The van der Waals surface area contributed by atoms with Gasteiger partial charge >= 0.3 is 5.97 Å². The second kappa shape index (κ2) is 7.43. The number of benzene rings is 2. The van der Waals surface area contributed by atoms with Crippen molar-refractivity contribution in [2.24, 2.45) is 4.99 Å². The van der Waals surface area contributed by atoms with Crippen LogP contribution in [0, 0.1) is 0 Å². The van der Waals surface area contributed by atoms with Crippen LogP contribution in [0.4, 0.5) is 0 Å². The molecule has 0 aromatic heterocycles. The van der Waals surface area contributed by atoms with E-state index in [1.165, 1.54) is 0 Å². The van der Waals surface area contributed by atoms with E-state index in [4.69, 9.17) is 19.2 Å². The van der Waals surface area contributed by atoms with Crippen LogP contribution in [-0.4, -0.2) is 36.7 Å². The number of carbonyl (C=O) groups is 1. The first kappa shape index (κ1) is 19.0. The smallest absolute Gasteiger partial charge is 0.338 e. The second-order valence-corrected chi connectivity index (χ2v) is 7.63. The van der Waals surface area contributed by atoms with Gasteiger partial charge in [0.1, 0.15) is 18.0 Å². The molecule has 0 spiro atoms. The molecule has 27 heavy (non-hydrogen) atoms. The van der Waals surface area contributed by atoms with E-state index in [2.05, 4.69) is 0 Å². The summed E-state index contributed by atoms with van der Waals surface area (Å²) in [5.74, 6) is 0.821. The van der Waals surface area contributed by atoms with Crippen LogP contribution in [0.15, 0.2) is 59.6 Å². The zero-order chi connectivity index (χ0) is 19.5. The van der Waals surface area contributed by atoms with Gasteiger partial charge in [0, 0.05) is 12.0 Å². The lowest BCUT2D eigenvalue weighted by molar-refractivity contribution is -0.162. The van der Waals surface area contributed by atoms with Gasteiger partial charge in [0.05, 0.1) is 7.11 Å². The molecule has 0 bridgehead atoms. The number of rotatable bonds is 5. The fourth-order valence-electron chi connectivity index (χ4n) is 2.90. The van der Waals surface area contributed by atoms with Crippen LogP contribution in [0.1, 0.15) is 31.9 Å². The number of carbonyl (C=O) groups excluding carboxylic acids is 1. The largest absolute Gasteiger partial charge is 0.497 e. The van der Waals surface area contributed by atoms with Gasteiger partial charge in [0.2, 0.25) is 5.90 Å². The zero-order valence-corrected chi connectivity index (χ0v) is 16.2. The summed E-state index contributed by atoms with van der Waals surface area (Å²) in [5.41, 5.74) is 0.115. The van der Waals surface area contributed by atoms with Gasteiger partial charge in [0.15, 0.2) is 5.54 Å². The normalized spacial score (nSPS) is 19.2. The molecule has 1 aliphatic rings. The van der Waals surface area contributed by atoms with Gasteiger partial charge in [-0.15, -0.1) is 0 Å². The Morgan fingerprint density at radius 3 is 2.37 bits per heavy atom. The number of aliphatic imine (C=N–C) groups is 1. The molecule has 1 heterocycles. The third-order valence-corrected chi connectivity index (χ3v) is 4.22. The van der Waals surface area contributed by atoms with Crippen molar-refractivity contribution in [2.45, 2.75) is 38.3 Å². The third-order valence-electron chi connectivity index (χ3n) is 4.22. The maximum atomic E-state index is 13.0. The van der Waals surface area contributed by atoms with Gasteiger partial charge in [-0.1, -0.05) is 30.3 Å². The standard InChI is InChI=1S/C22H25NO4/c1-21(2,3)27-20(24)22(14-16-8-6-5-7-9-16)15-26-19(23-22)17-10-12-18(25-4)13-11-17/h5-13H,14-15H2,1-4H3/t22-/m0/s1. The van der Waals surface area contributed by atoms with E-state index in [-0.39, 0.29) is 12.6 Å². The van der Waals surface area contributed by atoms with Crippen LogP contribution in [-0.2, 0) is 20.7 Å². The van der Waals surface area contributed by atoms with Gasteiger partial charge in [0.25, 0.3) is 0 Å². The SMILES string of the molecule is COc1ccc(C2=N[C@](Cc3ccccc3)(C(=O)OC(C)(C)C)CO2)cc1. The first-order valence-electron chi connectivity index (χ1n) is 8.96. The average Bonchev–Trinajstić information content (AvgIpc) is 3.07. The van der Waals surface area contributed by atoms with Gasteiger partial charge in [-0.05, 0) is 50.6 Å². The molecule has 142 valence electrons. The fourth-order valence-corrected chi connectivity index (χ4v) is 2.90. The van der Waals surface area contributed by atoms with Crippen LogP contribution in [0.25, 0.3) is 0 Å². The molecule has 0 fully saturated rings. The van der Waals surface area contributed by atoms with E-state index in [1.807, 2.05) is 75.4 Å². The molecule has 1 atom stereocenters. The van der Waals surface area contributed by atoms with Gasteiger partial charge in [-0.25, -0.2) is 9.79 Å². The number of esters is 1. The molecule has 5 heteroatoms. The first-order chi connectivity index (χ1) is 12.8. The van der Waals surface area contributed by atoms with E-state index < -0.39 is 11.1 Å². The molecular formula is C22H25NO4. The summed E-state index contributed by atoms with van der Waals surface area (Å²) in [7, 11) is 1.62. The van der Waals surface area contributed by atoms with E-state index in [0.717, 1.165) is 16.9 Å². The first-order valence-corrected chi connectivity index (χ1v) is 8.96. The van der Waals surface area contributed by atoms with Crippen LogP contribution in [0.2, 0.25) is 0 Å². The Bertz CT molecular complexity index is 822. The highest BCUT2D eigenvalue weighted by Crippen LogP contribution is 2.30. The molecule has 2 aromatic carbocycles. The van der Waals surface area contributed by atoms with Crippen molar-refractivity contribution in [3.8, 4) is 5.75 Å². The van der Waals surface area contributed by atoms with E-state index >= 15 is 0 Å². The average molecular weight is 367 g/mol. The molecule has 0 amide bonds. The molecule has 5 nitrogen and oxygen atoms in total. The predicted molar refractivity (Wildman–Crippen MR) is 104 cm³/mol. The summed E-state index contributed by atoms with van der Waals surface area (Å²) in [4.78, 5) is 17.7. The summed E-state index contributed by atoms with van der Waals surface area (Å²) in [6, 6.07) is 17.2. The molecule has 1 aliphatic heterocycles. The molecule has 0 saturated carbocycles. The molecule has 0 aliphatic carbocycles. The van der Waals surface area contributed by atoms with E-state index in [0.29, 0.717) is 12.3 Å². The number of hydrogen-bond acceptors (Lipinski definition) is 5. The summed E-state index contributed by atoms with van der Waals surface area (Å²) in [6.07, 6.45) is 0.419. The lowest BCUT2D eigenvalue weighted by atomic mass is 9.92. The van der Waals surface area contributed by atoms with E-state index in [1.54, 1.807) is 7.11 Å². The lowest BCUT2D eigenvalue weighted by Crippen LogP contribution is -2.45. The van der Waals surface area contributed by atoms with Crippen molar-refractivity contribution in [3.63, 3.8) is 0 Å². The van der Waals surface area contributed by atoms with Crippen LogP contribution >= 0.6 is 0 Å². The van der Waals surface area contributed by atoms with Crippen molar-refractivity contribution in [1.29, 1.82) is 0 Å². The Labute approximate surface area is 160 Å². The Morgan fingerprint density at radius 2 is 1.78 bits per heavy atom. The van der Waals surface area contributed by atoms with Crippen LogP contribution < -0.4 is 4.74 Å². The van der Waals surface area contributed by atoms with E-state index in [9.17, 15) is 4.79 Å².